The van der Waals surface area contributed by atoms with Crippen molar-refractivity contribution in [3.05, 3.63) is 48.3 Å². The average molecular weight is 366 g/mol. The predicted octanol–water partition coefficient (Wildman–Crippen LogP) is 1.74. The minimum absolute atomic E-state index is 0.450. The quantitative estimate of drug-likeness (QED) is 0.659. The van der Waals surface area contributed by atoms with Gasteiger partial charge in [-0.3, -0.25) is 4.99 Å². The van der Waals surface area contributed by atoms with E-state index in [1.54, 1.807) is 12.4 Å². The Balaban J connectivity index is 1.33. The first kappa shape index (κ1) is 17.6. The van der Waals surface area contributed by atoms with Gasteiger partial charge in [-0.15, -0.1) is 0 Å². The lowest BCUT2D eigenvalue weighted by Gasteiger charge is -2.37. The molecule has 7 nitrogen and oxygen atoms in total. The number of para-hydroxylation sites is 1. The molecule has 1 saturated heterocycles. The minimum atomic E-state index is 0.450. The van der Waals surface area contributed by atoms with E-state index in [2.05, 4.69) is 48.3 Å². The third-order valence-electron chi connectivity index (χ3n) is 5.22. The van der Waals surface area contributed by atoms with Crippen LogP contribution in [0.1, 0.15) is 17.9 Å². The van der Waals surface area contributed by atoms with Crippen molar-refractivity contribution in [2.24, 2.45) is 4.99 Å². The highest BCUT2D eigenvalue weighted by Crippen LogP contribution is 2.32. The zero-order valence-electron chi connectivity index (χ0n) is 15.7. The summed E-state index contributed by atoms with van der Waals surface area (Å²) < 4.78 is 5.77. The molecule has 0 bridgehead atoms. The van der Waals surface area contributed by atoms with E-state index in [1.165, 1.54) is 5.56 Å². The maximum atomic E-state index is 5.77. The number of fused-ring (bicyclic) bond motifs is 1. The van der Waals surface area contributed by atoms with Crippen molar-refractivity contribution in [1.29, 1.82) is 0 Å². The standard InChI is InChI=1S/C20H26N6O/c1-21-19(24-15-16-7-14-27-18-6-3-2-5-17(16)18)25-10-12-26(13-11-25)20-22-8-4-9-23-20/h2-6,8-9,16H,7,10-15H2,1H3,(H,21,24). The van der Waals surface area contributed by atoms with Crippen LogP contribution in [0.15, 0.2) is 47.7 Å². The molecule has 7 heteroatoms. The summed E-state index contributed by atoms with van der Waals surface area (Å²) in [6.45, 7) is 5.24. The molecule has 4 rings (SSSR count). The first-order valence-electron chi connectivity index (χ1n) is 9.54. The Hall–Kier alpha value is -2.83. The highest BCUT2D eigenvalue weighted by molar-refractivity contribution is 5.80. The molecule has 0 radical (unpaired) electrons. The van der Waals surface area contributed by atoms with Gasteiger partial charge in [0.15, 0.2) is 5.96 Å². The normalized spacial score (nSPS) is 20.0. The van der Waals surface area contributed by atoms with Crippen LogP contribution in [0, 0.1) is 0 Å². The maximum absolute atomic E-state index is 5.77. The Labute approximate surface area is 160 Å². The smallest absolute Gasteiger partial charge is 0.225 e. The molecular weight excluding hydrogens is 340 g/mol. The fourth-order valence-corrected chi connectivity index (χ4v) is 3.75. The molecule has 0 saturated carbocycles. The molecule has 1 aromatic carbocycles. The Bertz CT molecular complexity index is 773. The van der Waals surface area contributed by atoms with Crippen LogP contribution in [0.3, 0.4) is 0 Å². The van der Waals surface area contributed by atoms with Crippen LogP contribution >= 0.6 is 0 Å². The largest absolute Gasteiger partial charge is 0.493 e. The zero-order valence-corrected chi connectivity index (χ0v) is 15.7. The number of hydrogen-bond donors (Lipinski definition) is 1. The van der Waals surface area contributed by atoms with Crippen LogP contribution < -0.4 is 15.0 Å². The third-order valence-corrected chi connectivity index (χ3v) is 5.22. The molecule has 0 amide bonds. The van der Waals surface area contributed by atoms with Crippen molar-refractivity contribution in [3.63, 3.8) is 0 Å². The molecule has 3 heterocycles. The number of nitrogens with one attached hydrogen (secondary N) is 1. The Morgan fingerprint density at radius 1 is 1.15 bits per heavy atom. The molecule has 0 spiro atoms. The van der Waals surface area contributed by atoms with Gasteiger partial charge in [0.25, 0.3) is 0 Å². The fraction of sp³-hybridized carbons (Fsp3) is 0.450. The second-order valence-electron chi connectivity index (χ2n) is 6.82. The molecule has 1 aromatic heterocycles. The van der Waals surface area contributed by atoms with Crippen LogP contribution in [0.2, 0.25) is 0 Å². The Morgan fingerprint density at radius 2 is 1.93 bits per heavy atom. The summed E-state index contributed by atoms with van der Waals surface area (Å²) in [6, 6.07) is 10.2. The summed E-state index contributed by atoms with van der Waals surface area (Å²) in [5.41, 5.74) is 1.29. The number of rotatable bonds is 3. The van der Waals surface area contributed by atoms with Crippen LogP contribution in [-0.4, -0.2) is 67.2 Å². The van der Waals surface area contributed by atoms with Crippen LogP contribution in [-0.2, 0) is 0 Å². The van der Waals surface area contributed by atoms with Crippen molar-refractivity contribution in [1.82, 2.24) is 20.2 Å². The van der Waals surface area contributed by atoms with E-state index in [0.717, 1.165) is 63.4 Å². The number of guanidine groups is 1. The lowest BCUT2D eigenvalue weighted by Crippen LogP contribution is -2.53. The van der Waals surface area contributed by atoms with E-state index in [0.29, 0.717) is 5.92 Å². The minimum Gasteiger partial charge on any atom is -0.493 e. The Morgan fingerprint density at radius 3 is 2.70 bits per heavy atom. The lowest BCUT2D eigenvalue weighted by atomic mass is 9.93. The predicted molar refractivity (Wildman–Crippen MR) is 106 cm³/mol. The topological polar surface area (TPSA) is 65.9 Å². The molecule has 2 aliphatic heterocycles. The summed E-state index contributed by atoms with van der Waals surface area (Å²) in [4.78, 5) is 17.7. The van der Waals surface area contributed by atoms with E-state index in [9.17, 15) is 0 Å². The van der Waals surface area contributed by atoms with Crippen LogP contribution in [0.25, 0.3) is 0 Å². The molecule has 1 N–H and O–H groups in total. The van der Waals surface area contributed by atoms with Gasteiger partial charge < -0.3 is 19.9 Å². The number of aromatic nitrogens is 2. The molecular formula is C20H26N6O. The highest BCUT2D eigenvalue weighted by Gasteiger charge is 2.24. The van der Waals surface area contributed by atoms with Crippen molar-refractivity contribution in [3.8, 4) is 5.75 Å². The summed E-state index contributed by atoms with van der Waals surface area (Å²) in [6.07, 6.45) is 4.61. The zero-order chi connectivity index (χ0) is 18.5. The monoisotopic (exact) mass is 366 g/mol. The highest BCUT2D eigenvalue weighted by atomic mass is 16.5. The van der Waals surface area contributed by atoms with Gasteiger partial charge in [0, 0.05) is 58.1 Å². The Kier molecular flexibility index (Phi) is 5.37. The summed E-state index contributed by atoms with van der Waals surface area (Å²) in [5.74, 6) is 3.24. The number of anilines is 1. The molecule has 1 fully saturated rings. The van der Waals surface area contributed by atoms with E-state index in [-0.39, 0.29) is 0 Å². The van der Waals surface area contributed by atoms with Gasteiger partial charge in [-0.1, -0.05) is 18.2 Å². The molecule has 0 aliphatic carbocycles. The fourth-order valence-electron chi connectivity index (χ4n) is 3.75. The first-order valence-corrected chi connectivity index (χ1v) is 9.54. The van der Waals surface area contributed by atoms with Gasteiger partial charge >= 0.3 is 0 Å². The van der Waals surface area contributed by atoms with Crippen molar-refractivity contribution >= 4 is 11.9 Å². The van der Waals surface area contributed by atoms with E-state index >= 15 is 0 Å². The number of piperazine rings is 1. The molecule has 27 heavy (non-hydrogen) atoms. The molecule has 142 valence electrons. The second-order valence-corrected chi connectivity index (χ2v) is 6.82. The van der Waals surface area contributed by atoms with Crippen molar-refractivity contribution in [2.75, 3.05) is 51.3 Å². The van der Waals surface area contributed by atoms with Crippen LogP contribution in [0.4, 0.5) is 5.95 Å². The number of benzene rings is 1. The maximum Gasteiger partial charge on any atom is 0.225 e. The van der Waals surface area contributed by atoms with Gasteiger partial charge in [-0.25, -0.2) is 9.97 Å². The molecule has 2 aromatic rings. The number of ether oxygens (including phenoxy) is 1. The number of nitrogens with zero attached hydrogens (tertiary/aromatic N) is 5. The number of hydrogen-bond acceptors (Lipinski definition) is 5. The van der Waals surface area contributed by atoms with Gasteiger partial charge in [0.05, 0.1) is 6.61 Å². The average Bonchev–Trinajstić information content (AvgIpc) is 2.75. The SMILES string of the molecule is CN=C(NCC1CCOc2ccccc21)N1CCN(c2ncccn2)CC1. The first-order chi connectivity index (χ1) is 13.3. The second kappa shape index (κ2) is 8.24. The number of aliphatic imine (C=N–C) groups is 1. The van der Waals surface area contributed by atoms with Crippen molar-refractivity contribution < 1.29 is 4.74 Å². The summed E-state index contributed by atoms with van der Waals surface area (Å²) in [7, 11) is 1.85. The van der Waals surface area contributed by atoms with Crippen LogP contribution in [0.5, 0.6) is 5.75 Å². The van der Waals surface area contributed by atoms with Gasteiger partial charge in [0.2, 0.25) is 5.95 Å². The third kappa shape index (κ3) is 3.97. The molecule has 1 unspecified atom stereocenters. The van der Waals surface area contributed by atoms with Gasteiger partial charge in [-0.05, 0) is 24.1 Å². The van der Waals surface area contributed by atoms with Gasteiger partial charge in [-0.2, -0.15) is 0 Å². The molecule has 2 aliphatic rings. The lowest BCUT2D eigenvalue weighted by molar-refractivity contribution is 0.266. The van der Waals surface area contributed by atoms with E-state index in [4.69, 9.17) is 4.74 Å². The summed E-state index contributed by atoms with van der Waals surface area (Å²) in [5, 5.41) is 3.57. The van der Waals surface area contributed by atoms with E-state index in [1.807, 2.05) is 19.2 Å². The van der Waals surface area contributed by atoms with Crippen molar-refractivity contribution in [2.45, 2.75) is 12.3 Å². The van der Waals surface area contributed by atoms with Gasteiger partial charge in [0.1, 0.15) is 5.75 Å². The molecule has 1 atom stereocenters. The summed E-state index contributed by atoms with van der Waals surface area (Å²) >= 11 is 0. The van der Waals surface area contributed by atoms with E-state index < -0.39 is 0 Å².